The number of rotatable bonds is 9. The quantitative estimate of drug-likeness (QED) is 0.460. The second-order valence-corrected chi connectivity index (χ2v) is 8.98. The zero-order valence-electron chi connectivity index (χ0n) is 19.2. The van der Waals surface area contributed by atoms with Gasteiger partial charge in [-0.2, -0.15) is 0 Å². The van der Waals surface area contributed by atoms with E-state index in [1.807, 2.05) is 26.0 Å². The Kier molecular flexibility index (Phi) is 7.81. The highest BCUT2D eigenvalue weighted by molar-refractivity contribution is 6.08. The topological polar surface area (TPSA) is 105 Å². The third-order valence-electron chi connectivity index (χ3n) is 5.38. The van der Waals surface area contributed by atoms with Crippen LogP contribution in [-0.2, 0) is 19.1 Å². The van der Waals surface area contributed by atoms with Crippen LogP contribution in [0.15, 0.2) is 24.3 Å². The third-order valence-corrected chi connectivity index (χ3v) is 5.38. The fourth-order valence-corrected chi connectivity index (χ4v) is 3.25. The summed E-state index contributed by atoms with van der Waals surface area (Å²) < 4.78 is 5.15. The number of amides is 4. The average Bonchev–Trinajstić information content (AvgIpc) is 2.90. The molecule has 8 nitrogen and oxygen atoms in total. The predicted molar refractivity (Wildman–Crippen MR) is 117 cm³/mol. The molecule has 4 amide bonds. The molecule has 1 aromatic rings. The van der Waals surface area contributed by atoms with E-state index < -0.39 is 42.0 Å². The summed E-state index contributed by atoms with van der Waals surface area (Å²) in [5.74, 6) is -1.03. The number of urea groups is 1. The lowest BCUT2D eigenvalue weighted by atomic mass is 9.92. The van der Waals surface area contributed by atoms with Gasteiger partial charge >= 0.3 is 12.0 Å². The molecule has 8 heteroatoms. The fourth-order valence-electron chi connectivity index (χ4n) is 3.25. The van der Waals surface area contributed by atoms with Crippen LogP contribution in [0, 0.1) is 5.92 Å². The first kappa shape index (κ1) is 24.4. The number of hydrogen-bond acceptors (Lipinski definition) is 5. The van der Waals surface area contributed by atoms with Crippen molar-refractivity contribution in [3.05, 3.63) is 29.8 Å². The lowest BCUT2D eigenvalue weighted by molar-refractivity contribution is -0.155. The van der Waals surface area contributed by atoms with Crippen LogP contribution in [0.4, 0.5) is 10.5 Å². The summed E-state index contributed by atoms with van der Waals surface area (Å²) in [6.07, 6.45) is 0.163. The minimum absolute atomic E-state index is 0.376. The summed E-state index contributed by atoms with van der Waals surface area (Å²) in [6.45, 7) is 10.8. The van der Waals surface area contributed by atoms with E-state index in [-0.39, 0.29) is 0 Å². The van der Waals surface area contributed by atoms with Gasteiger partial charge in [0.25, 0.3) is 11.8 Å². The average molecular weight is 432 g/mol. The van der Waals surface area contributed by atoms with Crippen molar-refractivity contribution in [2.24, 2.45) is 5.92 Å². The third kappa shape index (κ3) is 6.29. The number of nitrogens with zero attached hydrogens (tertiary/aromatic N) is 1. The van der Waals surface area contributed by atoms with Gasteiger partial charge in [0.05, 0.1) is 0 Å². The standard InChI is InChI=1S/C23H33N3O5/c1-14(2)11-12-23(6)21(29)26(22(30)25-23)13-19(27)31-16(5)20(28)24-18-9-7-17(8-10-18)15(3)4/h7-10,14-16H,11-13H2,1-6H3,(H,24,28)(H,25,30)/t16-,23+/m0/s1. The van der Waals surface area contributed by atoms with Gasteiger partial charge in [-0.25, -0.2) is 4.79 Å². The van der Waals surface area contributed by atoms with Crippen LogP contribution in [0.3, 0.4) is 0 Å². The van der Waals surface area contributed by atoms with E-state index in [0.29, 0.717) is 23.9 Å². The Morgan fingerprint density at radius 2 is 1.71 bits per heavy atom. The molecule has 1 aliphatic heterocycles. The van der Waals surface area contributed by atoms with Crippen LogP contribution in [0.5, 0.6) is 0 Å². The van der Waals surface area contributed by atoms with Gasteiger partial charge in [0.15, 0.2) is 6.10 Å². The van der Waals surface area contributed by atoms with E-state index in [4.69, 9.17) is 4.74 Å². The zero-order chi connectivity index (χ0) is 23.3. The molecule has 2 atom stereocenters. The van der Waals surface area contributed by atoms with Gasteiger partial charge in [-0.05, 0) is 56.2 Å². The zero-order valence-corrected chi connectivity index (χ0v) is 19.2. The van der Waals surface area contributed by atoms with Gasteiger partial charge in [0.1, 0.15) is 12.1 Å². The van der Waals surface area contributed by atoms with Crippen LogP contribution in [0.1, 0.15) is 65.9 Å². The summed E-state index contributed by atoms with van der Waals surface area (Å²) in [6, 6.07) is 6.78. The molecule has 2 rings (SSSR count). The molecule has 170 valence electrons. The smallest absolute Gasteiger partial charge is 0.327 e. The molecule has 1 fully saturated rings. The number of carbonyl (C=O) groups is 4. The Labute approximate surface area is 183 Å². The van der Waals surface area contributed by atoms with E-state index in [1.165, 1.54) is 6.92 Å². The number of hydrogen-bond donors (Lipinski definition) is 2. The number of imide groups is 1. The predicted octanol–water partition coefficient (Wildman–Crippen LogP) is 3.43. The Morgan fingerprint density at radius 1 is 1.10 bits per heavy atom. The first-order chi connectivity index (χ1) is 14.4. The minimum atomic E-state index is -1.08. The lowest BCUT2D eigenvalue weighted by Crippen LogP contribution is -2.44. The summed E-state index contributed by atoms with van der Waals surface area (Å²) >= 11 is 0. The van der Waals surface area contributed by atoms with Gasteiger partial charge in [0.2, 0.25) is 0 Å². The number of anilines is 1. The second kappa shape index (κ2) is 9.94. The number of nitrogens with one attached hydrogen (secondary N) is 2. The molecule has 0 radical (unpaired) electrons. The number of ether oxygens (including phenoxy) is 1. The fraction of sp³-hybridized carbons (Fsp3) is 0.565. The van der Waals surface area contributed by atoms with Crippen molar-refractivity contribution < 1.29 is 23.9 Å². The molecule has 0 bridgehead atoms. The number of carbonyl (C=O) groups excluding carboxylic acids is 4. The maximum atomic E-state index is 12.7. The highest BCUT2D eigenvalue weighted by atomic mass is 16.5. The molecule has 0 aliphatic carbocycles. The largest absolute Gasteiger partial charge is 0.451 e. The maximum Gasteiger partial charge on any atom is 0.327 e. The number of esters is 1. The maximum absolute atomic E-state index is 12.7. The first-order valence-electron chi connectivity index (χ1n) is 10.7. The van der Waals surface area contributed by atoms with Crippen molar-refractivity contribution >= 4 is 29.5 Å². The van der Waals surface area contributed by atoms with Gasteiger partial charge in [-0.1, -0.05) is 39.8 Å². The first-order valence-corrected chi connectivity index (χ1v) is 10.7. The van der Waals surface area contributed by atoms with Crippen molar-refractivity contribution in [2.45, 2.75) is 71.9 Å². The van der Waals surface area contributed by atoms with E-state index in [9.17, 15) is 19.2 Å². The lowest BCUT2D eigenvalue weighted by Gasteiger charge is -2.22. The van der Waals surface area contributed by atoms with Gasteiger partial charge < -0.3 is 15.4 Å². The van der Waals surface area contributed by atoms with E-state index in [2.05, 4.69) is 24.5 Å². The molecule has 0 aromatic heterocycles. The Bertz CT molecular complexity index is 834. The molecule has 2 N–H and O–H groups in total. The summed E-state index contributed by atoms with van der Waals surface area (Å²) in [4.78, 5) is 50.4. The van der Waals surface area contributed by atoms with Crippen LogP contribution < -0.4 is 10.6 Å². The van der Waals surface area contributed by atoms with Crippen molar-refractivity contribution in [3.63, 3.8) is 0 Å². The molecule has 31 heavy (non-hydrogen) atoms. The van der Waals surface area contributed by atoms with Crippen molar-refractivity contribution in [3.8, 4) is 0 Å². The summed E-state index contributed by atoms with van der Waals surface area (Å²) in [5.41, 5.74) is 0.700. The monoisotopic (exact) mass is 431 g/mol. The molecule has 1 heterocycles. The van der Waals surface area contributed by atoms with Crippen LogP contribution >= 0.6 is 0 Å². The van der Waals surface area contributed by atoms with Crippen LogP contribution in [-0.4, -0.2) is 46.9 Å². The Balaban J connectivity index is 1.90. The van der Waals surface area contributed by atoms with Crippen LogP contribution in [0.25, 0.3) is 0 Å². The highest BCUT2D eigenvalue weighted by Crippen LogP contribution is 2.24. The Morgan fingerprint density at radius 3 is 2.26 bits per heavy atom. The summed E-state index contributed by atoms with van der Waals surface area (Å²) in [7, 11) is 0. The van der Waals surface area contributed by atoms with Crippen molar-refractivity contribution in [2.75, 3.05) is 11.9 Å². The van der Waals surface area contributed by atoms with Gasteiger partial charge in [-0.3, -0.25) is 19.3 Å². The molecular formula is C23H33N3O5. The SMILES string of the molecule is CC(C)CC[C@@]1(C)NC(=O)N(CC(=O)O[C@@H](C)C(=O)Nc2ccc(C(C)C)cc2)C1=O. The second-order valence-electron chi connectivity index (χ2n) is 8.98. The molecule has 0 unspecified atom stereocenters. The van der Waals surface area contributed by atoms with Crippen molar-refractivity contribution in [1.29, 1.82) is 0 Å². The Hall–Kier alpha value is -2.90. The van der Waals surface area contributed by atoms with Gasteiger partial charge in [0, 0.05) is 5.69 Å². The molecule has 1 aliphatic rings. The van der Waals surface area contributed by atoms with Crippen molar-refractivity contribution in [1.82, 2.24) is 10.2 Å². The number of benzene rings is 1. The molecule has 0 spiro atoms. The summed E-state index contributed by atoms with van der Waals surface area (Å²) in [5, 5.41) is 5.35. The highest BCUT2D eigenvalue weighted by Gasteiger charge is 2.48. The van der Waals surface area contributed by atoms with E-state index in [0.717, 1.165) is 16.9 Å². The van der Waals surface area contributed by atoms with E-state index >= 15 is 0 Å². The molecular weight excluding hydrogens is 398 g/mol. The van der Waals surface area contributed by atoms with Gasteiger partial charge in [-0.15, -0.1) is 0 Å². The normalized spacial score (nSPS) is 19.5. The van der Waals surface area contributed by atoms with Crippen LogP contribution in [0.2, 0.25) is 0 Å². The molecule has 0 saturated carbocycles. The molecule has 1 saturated heterocycles. The minimum Gasteiger partial charge on any atom is -0.451 e. The van der Waals surface area contributed by atoms with E-state index in [1.54, 1.807) is 19.1 Å². The molecule has 1 aromatic carbocycles.